The van der Waals surface area contributed by atoms with Crippen molar-refractivity contribution in [1.29, 1.82) is 0 Å². The lowest BCUT2D eigenvalue weighted by Gasteiger charge is -1.97. The lowest BCUT2D eigenvalue weighted by Crippen LogP contribution is -2.41. The minimum atomic E-state index is -1.28. The zero-order valence-electron chi connectivity index (χ0n) is 5.71. The number of aldehydes is 1. The molecule has 60 valence electrons. The van der Waals surface area contributed by atoms with E-state index < -0.39 is 17.7 Å². The highest BCUT2D eigenvalue weighted by Crippen LogP contribution is 1.67. The van der Waals surface area contributed by atoms with Crippen LogP contribution < -0.4 is 10.6 Å². The molecule has 0 saturated heterocycles. The van der Waals surface area contributed by atoms with Gasteiger partial charge in [-0.1, -0.05) is 0 Å². The molecule has 0 aliphatic heterocycles. The molecule has 0 aromatic carbocycles. The topological polar surface area (TPSA) is 92.3 Å². The predicted molar refractivity (Wildman–Crippen MR) is 33.7 cm³/mol. The quantitative estimate of drug-likeness (QED) is 0.282. The number of carbonyl (C=O) groups excluding carboxylic acids is 4. The molecule has 0 unspecified atom stereocenters. The normalized spacial score (nSPS) is 8.09. The molecular formula is C5H6N2O4. The molecule has 6 nitrogen and oxygen atoms in total. The van der Waals surface area contributed by atoms with E-state index in [4.69, 9.17) is 0 Å². The molecule has 11 heavy (non-hydrogen) atoms. The summed E-state index contributed by atoms with van der Waals surface area (Å²) in [6.45, 7) is 0. The largest absolute Gasteiger partial charge is 0.341 e. The maximum atomic E-state index is 10.4. The summed E-state index contributed by atoms with van der Waals surface area (Å²) in [6.07, 6.45) is -0.168. The van der Waals surface area contributed by atoms with Crippen molar-refractivity contribution in [3.63, 3.8) is 0 Å². The molecule has 2 N–H and O–H groups in total. The standard InChI is InChI=1S/C5H6N2O4/c1-6-5(11)7-4(10)3(9)2-8/h2H,1H3,(H2,6,7,10,11). The first-order valence-corrected chi connectivity index (χ1v) is 2.64. The van der Waals surface area contributed by atoms with Gasteiger partial charge in [-0.25, -0.2) is 4.79 Å². The molecule has 0 saturated carbocycles. The highest BCUT2D eigenvalue weighted by atomic mass is 16.2. The van der Waals surface area contributed by atoms with Crippen molar-refractivity contribution in [3.05, 3.63) is 0 Å². The molecule has 0 bridgehead atoms. The first-order valence-electron chi connectivity index (χ1n) is 2.64. The molecule has 3 amide bonds. The average Bonchev–Trinajstić information content (AvgIpc) is 2.02. The van der Waals surface area contributed by atoms with Gasteiger partial charge in [0.2, 0.25) is 0 Å². The highest BCUT2D eigenvalue weighted by Gasteiger charge is 2.13. The van der Waals surface area contributed by atoms with Crippen LogP contribution in [0, 0.1) is 0 Å². The number of hydrogen-bond donors (Lipinski definition) is 2. The van der Waals surface area contributed by atoms with Crippen LogP contribution in [0.5, 0.6) is 0 Å². The fourth-order valence-corrected chi connectivity index (χ4v) is 0.281. The number of urea groups is 1. The molecule has 6 heteroatoms. The van der Waals surface area contributed by atoms with Gasteiger partial charge in [-0.05, 0) is 0 Å². The zero-order chi connectivity index (χ0) is 8.85. The van der Waals surface area contributed by atoms with E-state index in [2.05, 4.69) is 0 Å². The summed E-state index contributed by atoms with van der Waals surface area (Å²) in [5.74, 6) is -2.52. The van der Waals surface area contributed by atoms with Gasteiger partial charge in [-0.2, -0.15) is 0 Å². The van der Waals surface area contributed by atoms with Crippen molar-refractivity contribution in [3.8, 4) is 0 Å². The Balaban J connectivity index is 3.97. The molecule has 0 rings (SSSR count). The summed E-state index contributed by atoms with van der Waals surface area (Å²) >= 11 is 0. The summed E-state index contributed by atoms with van der Waals surface area (Å²) < 4.78 is 0. The minimum absolute atomic E-state index is 0.168. The maximum Gasteiger partial charge on any atom is 0.321 e. The summed E-state index contributed by atoms with van der Waals surface area (Å²) in [5.41, 5.74) is 0. The van der Waals surface area contributed by atoms with Gasteiger partial charge in [0, 0.05) is 7.05 Å². The van der Waals surface area contributed by atoms with Crippen molar-refractivity contribution >= 4 is 24.0 Å². The van der Waals surface area contributed by atoms with Crippen LogP contribution in [-0.4, -0.2) is 31.1 Å². The number of imide groups is 1. The third-order valence-electron chi connectivity index (χ3n) is 0.785. The number of nitrogens with one attached hydrogen (secondary N) is 2. The van der Waals surface area contributed by atoms with Crippen molar-refractivity contribution in [2.24, 2.45) is 0 Å². The number of ketones is 1. The van der Waals surface area contributed by atoms with Crippen LogP contribution in [-0.2, 0) is 14.4 Å². The van der Waals surface area contributed by atoms with Crippen LogP contribution in [0.2, 0.25) is 0 Å². The molecule has 0 atom stereocenters. The maximum absolute atomic E-state index is 10.4. The average molecular weight is 158 g/mol. The second-order valence-corrected chi connectivity index (χ2v) is 1.52. The van der Waals surface area contributed by atoms with E-state index in [0.29, 0.717) is 0 Å². The molecule has 0 aromatic heterocycles. The summed E-state index contributed by atoms with van der Waals surface area (Å²) in [7, 11) is 1.27. The lowest BCUT2D eigenvalue weighted by atomic mass is 10.4. The number of Topliss-reactive ketones (excluding diaryl/α,β-unsaturated/α-hetero) is 1. The summed E-state index contributed by atoms with van der Waals surface area (Å²) in [4.78, 5) is 40.6. The van der Waals surface area contributed by atoms with Crippen LogP contribution in [0.1, 0.15) is 0 Å². The van der Waals surface area contributed by atoms with Gasteiger partial charge >= 0.3 is 11.9 Å². The van der Waals surface area contributed by atoms with Crippen molar-refractivity contribution < 1.29 is 19.2 Å². The second-order valence-electron chi connectivity index (χ2n) is 1.52. The zero-order valence-corrected chi connectivity index (χ0v) is 5.71. The van der Waals surface area contributed by atoms with Crippen molar-refractivity contribution in [1.82, 2.24) is 10.6 Å². The van der Waals surface area contributed by atoms with E-state index in [-0.39, 0.29) is 6.29 Å². The van der Waals surface area contributed by atoms with E-state index in [1.54, 1.807) is 5.32 Å². The fourth-order valence-electron chi connectivity index (χ4n) is 0.281. The van der Waals surface area contributed by atoms with Crippen molar-refractivity contribution in [2.45, 2.75) is 0 Å². The Hall–Kier alpha value is -1.72. The number of hydrogen-bond acceptors (Lipinski definition) is 4. The lowest BCUT2D eigenvalue weighted by molar-refractivity contribution is -0.140. The minimum Gasteiger partial charge on any atom is -0.341 e. The number of amides is 3. The molecule has 0 aromatic rings. The molecule has 0 aliphatic rings. The Bertz CT molecular complexity index is 211. The third-order valence-corrected chi connectivity index (χ3v) is 0.785. The van der Waals surface area contributed by atoms with Crippen LogP contribution in [0.25, 0.3) is 0 Å². The monoisotopic (exact) mass is 158 g/mol. The van der Waals surface area contributed by atoms with E-state index in [1.807, 2.05) is 5.32 Å². The number of rotatable bonds is 2. The Kier molecular flexibility index (Phi) is 3.50. The van der Waals surface area contributed by atoms with Gasteiger partial charge in [-0.3, -0.25) is 19.7 Å². The van der Waals surface area contributed by atoms with Crippen LogP contribution in [0.4, 0.5) is 4.79 Å². The van der Waals surface area contributed by atoms with E-state index >= 15 is 0 Å². The fraction of sp³-hybridized carbons (Fsp3) is 0.200. The molecule has 0 spiro atoms. The SMILES string of the molecule is CNC(=O)NC(=O)C(=O)C=O. The first-order chi connectivity index (χ1) is 5.11. The van der Waals surface area contributed by atoms with Gasteiger partial charge in [0.25, 0.3) is 5.78 Å². The Morgan fingerprint density at radius 3 is 2.18 bits per heavy atom. The van der Waals surface area contributed by atoms with Gasteiger partial charge in [-0.15, -0.1) is 0 Å². The Morgan fingerprint density at radius 1 is 1.27 bits per heavy atom. The van der Waals surface area contributed by atoms with Gasteiger partial charge < -0.3 is 5.32 Å². The second kappa shape index (κ2) is 4.15. The molecule has 0 fully saturated rings. The molecule has 0 aliphatic carbocycles. The number of carbonyl (C=O) groups is 4. The van der Waals surface area contributed by atoms with Crippen LogP contribution in [0.15, 0.2) is 0 Å². The Labute approximate surface area is 61.9 Å². The summed E-state index contributed by atoms with van der Waals surface area (Å²) in [5, 5.41) is 3.65. The summed E-state index contributed by atoms with van der Waals surface area (Å²) in [6, 6.07) is -0.829. The molecular weight excluding hydrogens is 152 g/mol. The highest BCUT2D eigenvalue weighted by molar-refractivity contribution is 6.58. The predicted octanol–water partition coefficient (Wildman–Crippen LogP) is -1.79. The van der Waals surface area contributed by atoms with Gasteiger partial charge in [0.1, 0.15) is 0 Å². The van der Waals surface area contributed by atoms with Crippen LogP contribution in [0.3, 0.4) is 0 Å². The van der Waals surface area contributed by atoms with E-state index in [1.165, 1.54) is 7.05 Å². The van der Waals surface area contributed by atoms with E-state index in [9.17, 15) is 19.2 Å². The van der Waals surface area contributed by atoms with Gasteiger partial charge in [0.05, 0.1) is 0 Å². The molecule has 0 heterocycles. The van der Waals surface area contributed by atoms with Crippen LogP contribution >= 0.6 is 0 Å². The van der Waals surface area contributed by atoms with Gasteiger partial charge in [0.15, 0.2) is 6.29 Å². The smallest absolute Gasteiger partial charge is 0.321 e. The molecule has 0 radical (unpaired) electrons. The Morgan fingerprint density at radius 2 is 1.82 bits per heavy atom. The first kappa shape index (κ1) is 9.28. The van der Waals surface area contributed by atoms with E-state index in [0.717, 1.165) is 0 Å². The third kappa shape index (κ3) is 3.09. The van der Waals surface area contributed by atoms with Crippen molar-refractivity contribution in [2.75, 3.05) is 7.05 Å².